The lowest BCUT2D eigenvalue weighted by Crippen LogP contribution is -2.34. The molecule has 0 bridgehead atoms. The Balaban J connectivity index is 2.55. The molecule has 70 valence electrons. The SMILES string of the molecule is CCC(N)C(=O)Nc1cccnc1. The van der Waals surface area contributed by atoms with E-state index in [0.29, 0.717) is 12.1 Å². The minimum Gasteiger partial charge on any atom is -0.323 e. The van der Waals surface area contributed by atoms with E-state index in [1.54, 1.807) is 24.5 Å². The van der Waals surface area contributed by atoms with E-state index in [9.17, 15) is 4.79 Å². The molecule has 1 atom stereocenters. The highest BCUT2D eigenvalue weighted by atomic mass is 16.2. The molecule has 1 aromatic rings. The smallest absolute Gasteiger partial charge is 0.241 e. The molecule has 0 radical (unpaired) electrons. The lowest BCUT2D eigenvalue weighted by atomic mass is 10.2. The zero-order chi connectivity index (χ0) is 9.68. The lowest BCUT2D eigenvalue weighted by Gasteiger charge is -2.08. The average molecular weight is 179 g/mol. The number of rotatable bonds is 3. The van der Waals surface area contributed by atoms with E-state index in [4.69, 9.17) is 5.73 Å². The fraction of sp³-hybridized carbons (Fsp3) is 0.333. The van der Waals surface area contributed by atoms with Gasteiger partial charge in [-0.05, 0) is 18.6 Å². The van der Waals surface area contributed by atoms with Crippen molar-refractivity contribution in [3.8, 4) is 0 Å². The number of nitrogens with two attached hydrogens (primary N) is 1. The summed E-state index contributed by atoms with van der Waals surface area (Å²) in [4.78, 5) is 15.1. The van der Waals surface area contributed by atoms with Gasteiger partial charge >= 0.3 is 0 Å². The summed E-state index contributed by atoms with van der Waals surface area (Å²) in [6.07, 6.45) is 3.86. The molecule has 13 heavy (non-hydrogen) atoms. The molecule has 1 unspecified atom stereocenters. The molecule has 1 rings (SSSR count). The van der Waals surface area contributed by atoms with Gasteiger partial charge in [0.05, 0.1) is 17.9 Å². The molecule has 3 N–H and O–H groups in total. The molecule has 1 heterocycles. The molecular weight excluding hydrogens is 166 g/mol. The number of anilines is 1. The first-order valence-electron chi connectivity index (χ1n) is 4.20. The van der Waals surface area contributed by atoms with Crippen molar-refractivity contribution < 1.29 is 4.79 Å². The molecule has 1 aromatic heterocycles. The zero-order valence-corrected chi connectivity index (χ0v) is 7.53. The van der Waals surface area contributed by atoms with E-state index < -0.39 is 6.04 Å². The van der Waals surface area contributed by atoms with Crippen molar-refractivity contribution in [1.29, 1.82) is 0 Å². The van der Waals surface area contributed by atoms with Gasteiger partial charge in [-0.25, -0.2) is 0 Å². The topological polar surface area (TPSA) is 68.0 Å². The molecule has 0 aliphatic carbocycles. The van der Waals surface area contributed by atoms with Gasteiger partial charge in [0.15, 0.2) is 0 Å². The van der Waals surface area contributed by atoms with Crippen LogP contribution in [-0.4, -0.2) is 16.9 Å². The van der Waals surface area contributed by atoms with E-state index in [2.05, 4.69) is 10.3 Å². The number of carbonyl (C=O) groups is 1. The van der Waals surface area contributed by atoms with Crippen LogP contribution in [0.25, 0.3) is 0 Å². The van der Waals surface area contributed by atoms with Gasteiger partial charge in [0.25, 0.3) is 0 Å². The third-order valence-electron chi connectivity index (χ3n) is 1.71. The number of nitrogens with zero attached hydrogens (tertiary/aromatic N) is 1. The zero-order valence-electron chi connectivity index (χ0n) is 7.53. The van der Waals surface area contributed by atoms with Crippen LogP contribution in [0.5, 0.6) is 0 Å². The number of amides is 1. The van der Waals surface area contributed by atoms with Crippen molar-refractivity contribution >= 4 is 11.6 Å². The Bertz CT molecular complexity index is 273. The maximum absolute atomic E-state index is 11.3. The number of aromatic nitrogens is 1. The second-order valence-corrected chi connectivity index (χ2v) is 2.75. The van der Waals surface area contributed by atoms with Crippen molar-refractivity contribution in [3.63, 3.8) is 0 Å². The van der Waals surface area contributed by atoms with E-state index >= 15 is 0 Å². The first-order chi connectivity index (χ1) is 6.24. The summed E-state index contributed by atoms with van der Waals surface area (Å²) in [7, 11) is 0. The minimum absolute atomic E-state index is 0.171. The highest BCUT2D eigenvalue weighted by Gasteiger charge is 2.10. The molecule has 0 aliphatic heterocycles. The Hall–Kier alpha value is -1.42. The average Bonchev–Trinajstić information content (AvgIpc) is 2.18. The number of nitrogens with one attached hydrogen (secondary N) is 1. The Kier molecular flexibility index (Phi) is 3.40. The van der Waals surface area contributed by atoms with Crippen LogP contribution in [0.3, 0.4) is 0 Å². The van der Waals surface area contributed by atoms with Crippen molar-refractivity contribution in [2.75, 3.05) is 5.32 Å². The number of carbonyl (C=O) groups excluding carboxylic acids is 1. The number of hydrogen-bond acceptors (Lipinski definition) is 3. The fourth-order valence-corrected chi connectivity index (χ4v) is 0.857. The standard InChI is InChI=1S/C9H13N3O/c1-2-8(10)9(13)12-7-4-3-5-11-6-7/h3-6,8H,2,10H2,1H3,(H,12,13). The maximum Gasteiger partial charge on any atom is 0.241 e. The molecule has 0 fully saturated rings. The normalized spacial score (nSPS) is 12.2. The summed E-state index contributed by atoms with van der Waals surface area (Å²) < 4.78 is 0. The van der Waals surface area contributed by atoms with Crippen LogP contribution >= 0.6 is 0 Å². The van der Waals surface area contributed by atoms with Gasteiger partial charge in [0.1, 0.15) is 0 Å². The third-order valence-corrected chi connectivity index (χ3v) is 1.71. The minimum atomic E-state index is -0.444. The van der Waals surface area contributed by atoms with Crippen molar-refractivity contribution in [2.45, 2.75) is 19.4 Å². The highest BCUT2D eigenvalue weighted by molar-refractivity contribution is 5.94. The predicted octanol–water partition coefficient (Wildman–Crippen LogP) is 0.757. The molecule has 0 aromatic carbocycles. The Morgan fingerprint density at radius 3 is 3.08 bits per heavy atom. The first kappa shape index (κ1) is 9.67. The Morgan fingerprint density at radius 2 is 2.54 bits per heavy atom. The van der Waals surface area contributed by atoms with E-state index in [0.717, 1.165) is 0 Å². The van der Waals surface area contributed by atoms with Crippen molar-refractivity contribution in [2.24, 2.45) is 5.73 Å². The van der Waals surface area contributed by atoms with E-state index in [1.807, 2.05) is 6.92 Å². The molecular formula is C9H13N3O. The highest BCUT2D eigenvalue weighted by Crippen LogP contribution is 2.03. The predicted molar refractivity (Wildman–Crippen MR) is 51.1 cm³/mol. The van der Waals surface area contributed by atoms with E-state index in [1.165, 1.54) is 0 Å². The largest absolute Gasteiger partial charge is 0.323 e. The van der Waals surface area contributed by atoms with Crippen molar-refractivity contribution in [3.05, 3.63) is 24.5 Å². The summed E-state index contributed by atoms with van der Waals surface area (Å²) in [5, 5.41) is 2.67. The number of pyridine rings is 1. The van der Waals surface area contributed by atoms with Crippen LogP contribution < -0.4 is 11.1 Å². The molecule has 4 heteroatoms. The van der Waals surface area contributed by atoms with Gasteiger partial charge in [-0.1, -0.05) is 6.92 Å². The van der Waals surface area contributed by atoms with Crippen LogP contribution in [0.4, 0.5) is 5.69 Å². The summed E-state index contributed by atoms with van der Waals surface area (Å²) in [6, 6.07) is 3.08. The third kappa shape index (κ3) is 2.83. The van der Waals surface area contributed by atoms with Crippen LogP contribution in [0.2, 0.25) is 0 Å². The fourth-order valence-electron chi connectivity index (χ4n) is 0.857. The van der Waals surface area contributed by atoms with Gasteiger partial charge in [0, 0.05) is 6.20 Å². The molecule has 0 saturated heterocycles. The van der Waals surface area contributed by atoms with Gasteiger partial charge in [-0.15, -0.1) is 0 Å². The summed E-state index contributed by atoms with van der Waals surface area (Å²) in [5.74, 6) is -0.171. The van der Waals surface area contributed by atoms with Crippen LogP contribution in [-0.2, 0) is 4.79 Å². The monoisotopic (exact) mass is 179 g/mol. The first-order valence-corrected chi connectivity index (χ1v) is 4.20. The summed E-state index contributed by atoms with van der Waals surface area (Å²) in [6.45, 7) is 1.87. The Labute approximate surface area is 77.2 Å². The van der Waals surface area contributed by atoms with Crippen molar-refractivity contribution in [1.82, 2.24) is 4.98 Å². The molecule has 1 amide bonds. The van der Waals surface area contributed by atoms with Gasteiger partial charge in [0.2, 0.25) is 5.91 Å². The Morgan fingerprint density at radius 1 is 1.77 bits per heavy atom. The second-order valence-electron chi connectivity index (χ2n) is 2.75. The summed E-state index contributed by atoms with van der Waals surface area (Å²) in [5.41, 5.74) is 6.21. The quantitative estimate of drug-likeness (QED) is 0.719. The van der Waals surface area contributed by atoms with Gasteiger partial charge in [-0.2, -0.15) is 0 Å². The van der Waals surface area contributed by atoms with Crippen LogP contribution in [0.15, 0.2) is 24.5 Å². The van der Waals surface area contributed by atoms with E-state index in [-0.39, 0.29) is 5.91 Å². The summed E-state index contributed by atoms with van der Waals surface area (Å²) >= 11 is 0. The van der Waals surface area contributed by atoms with Crippen LogP contribution in [0, 0.1) is 0 Å². The van der Waals surface area contributed by atoms with Gasteiger partial charge in [-0.3, -0.25) is 9.78 Å². The lowest BCUT2D eigenvalue weighted by molar-refractivity contribution is -0.117. The number of hydrogen-bond donors (Lipinski definition) is 2. The van der Waals surface area contributed by atoms with Gasteiger partial charge < -0.3 is 11.1 Å². The maximum atomic E-state index is 11.3. The van der Waals surface area contributed by atoms with Crippen LogP contribution in [0.1, 0.15) is 13.3 Å². The molecule has 0 aliphatic rings. The molecule has 0 spiro atoms. The molecule has 0 saturated carbocycles. The second kappa shape index (κ2) is 4.57. The molecule has 4 nitrogen and oxygen atoms in total.